The molecular formula is C107H220O18. The second-order valence-electron chi connectivity index (χ2n) is 40.1. The molecule has 0 aromatic heterocycles. The zero-order valence-electron chi connectivity index (χ0n) is 89.3. The van der Waals surface area contributed by atoms with E-state index in [1.165, 1.54) is 56.9 Å². The molecular weight excluding hydrogens is 1570 g/mol. The number of aliphatic hydroxyl groups excluding tert-OH is 5. The molecule has 8 N–H and O–H groups in total. The second-order valence-corrected chi connectivity index (χ2v) is 40.1. The Morgan fingerprint density at radius 1 is 0.296 bits per heavy atom. The zero-order valence-corrected chi connectivity index (χ0v) is 89.3. The van der Waals surface area contributed by atoms with Gasteiger partial charge in [-0.3, -0.25) is 0 Å². The van der Waals surface area contributed by atoms with Crippen LogP contribution in [0, 0.1) is 78.1 Å². The second kappa shape index (κ2) is 92.4. The molecule has 0 saturated carbocycles. The molecule has 125 heavy (non-hydrogen) atoms. The Kier molecular flexibility index (Phi) is 114. The number of hydrogen-bond acceptors (Lipinski definition) is 13. The maximum absolute atomic E-state index is 9.86. The van der Waals surface area contributed by atoms with Crippen molar-refractivity contribution < 1.29 is 87.8 Å². The Hall–Kier alpha value is -2.08. The number of allylic oxidation sites excluding steroid dienone is 2. The number of hydrogen-bond donors (Lipinski definition) is 8. The van der Waals surface area contributed by atoms with Crippen molar-refractivity contribution in [3.05, 3.63) is 44.9 Å². The third-order valence-corrected chi connectivity index (χ3v) is 27.7. The summed E-state index contributed by atoms with van der Waals surface area (Å²) in [6.07, 6.45) is 45.4. The van der Waals surface area contributed by atoms with E-state index in [0.717, 1.165) is 223 Å². The summed E-state index contributed by atoms with van der Waals surface area (Å²) in [5, 5.41) is 75.8. The van der Waals surface area contributed by atoms with Crippen molar-refractivity contribution >= 4 is 0 Å². The summed E-state index contributed by atoms with van der Waals surface area (Å²) in [5.41, 5.74) is 0.634. The van der Waals surface area contributed by atoms with Crippen LogP contribution in [0.4, 0.5) is 0 Å². The van der Waals surface area contributed by atoms with Crippen molar-refractivity contribution in [3.8, 4) is 0 Å². The Labute approximate surface area is 779 Å². The van der Waals surface area contributed by atoms with Gasteiger partial charge in [0.1, 0.15) is 0 Å². The average molecular weight is 1790 g/mol. The zero-order chi connectivity index (χ0) is 101. The van der Waals surface area contributed by atoms with E-state index in [2.05, 4.69) is 233 Å². The van der Waals surface area contributed by atoms with Crippen molar-refractivity contribution in [2.45, 2.75) is 538 Å². The van der Waals surface area contributed by atoms with Gasteiger partial charge in [0.05, 0.1) is 44.8 Å². The first kappa shape index (κ1) is 154. The Morgan fingerprint density at radius 3 is 0.792 bits per heavy atom. The third kappa shape index (κ3) is 94.9. The van der Waals surface area contributed by atoms with E-state index in [4.69, 9.17) is 52.1 Å². The Bertz CT molecular complexity index is 2240. The molecule has 0 spiro atoms. The van der Waals surface area contributed by atoms with Gasteiger partial charge in [-0.05, 0) is 319 Å². The third-order valence-electron chi connectivity index (χ3n) is 27.7. The monoisotopic (exact) mass is 1790 g/mol. The summed E-state index contributed by atoms with van der Waals surface area (Å²) in [6, 6.07) is 0. The normalized spacial score (nSPS) is 17.1. The number of methoxy groups -OCH3 is 5. The maximum atomic E-state index is 9.86. The summed E-state index contributed by atoms with van der Waals surface area (Å²) < 4.78 is 65.0. The molecule has 0 rings (SSSR count). The number of ether oxygens (including phenoxy) is 5. The van der Waals surface area contributed by atoms with E-state index >= 15 is 0 Å². The molecule has 0 heterocycles. The molecule has 0 amide bonds. The summed E-state index contributed by atoms with van der Waals surface area (Å²) in [7, 11) is 8.99. The molecule has 0 aliphatic rings. The van der Waals surface area contributed by atoms with Crippen LogP contribution in [0.5, 0.6) is 0 Å². The van der Waals surface area contributed by atoms with Gasteiger partial charge in [-0.25, -0.2) is 0 Å². The summed E-state index contributed by atoms with van der Waals surface area (Å²) >= 11 is 0. The SMILES string of the molecule is C.CCC(C)(CCC(C)C(C)C)OC.CCC(C)(CCCC(C)(C)CO)OC.CCC(C)(CO)CCCC(C)(CC)OC.CCC(C)(O)CCCC(C)(CC)CO.CCC/C(C)=C/CCC(C)(CC)OC.CCCC(C)(CO)CCCC(C)(CC)OC.CCCC(C)(CO)CCCC(C)(O)CC.CCCC(C)CCCC(C)(O)CC.[C-]#[O+].[C-]#[O+].[C-]#[O+].[C-]#[O+].[C-]#[O+]. The molecule has 0 bridgehead atoms. The fourth-order valence-electron chi connectivity index (χ4n) is 13.2. The van der Waals surface area contributed by atoms with Crippen LogP contribution in [0.2, 0.25) is 0 Å². The van der Waals surface area contributed by atoms with E-state index in [9.17, 15) is 35.7 Å². The molecule has 0 saturated heterocycles. The van der Waals surface area contributed by atoms with Crippen LogP contribution in [-0.2, 0) is 46.9 Å². The van der Waals surface area contributed by atoms with E-state index in [0.29, 0.717) is 13.2 Å². The van der Waals surface area contributed by atoms with Crippen molar-refractivity contribution in [1.82, 2.24) is 0 Å². The minimum atomic E-state index is -0.525. The molecule has 0 aromatic carbocycles. The molecule has 0 aliphatic heterocycles. The van der Waals surface area contributed by atoms with Gasteiger partial charge in [-0.15, -0.1) is 0 Å². The number of aliphatic hydroxyl groups is 8. The standard InChI is InChI=1S/C14H30O2.2C13H28O2.C13H26O.2C12H26O2.2C12H26O.5CO.CH4/c1-6-9-13(3,12-15)10-8-11-14(4,7-2)16-5;1-6-12(3,11-14)9-8-10-13(4,7-2)15-5;1-5-8-12(3,11-14)9-7-10-13(4,15)6-2;1-6-9-12(3)10-8-11-13(4,7-2)14-5;1-6-12(4,14-5)9-7-8-11(2,3)10-13;1-5-11(3,10-13)8-7-9-12(4,14)6-2;1-7-12(5,13-6)9-8-11(4)10(2)3;1-5-8-11(3)9-7-10-12(4,13)6-2;5*1-2;/h15H,6-12H2,1-5H3;14H,6-11H2,1-5H3;14-15H,5-11H2,1-4H3;10H,6-9,11H2,1-5H3;13H,6-10H2,1-5H3;13-14H,5-10H2,1-4H3;10-11H,7-9H2,1-6H3;11,13H,5-10H2,1-4H3;;;;;;1H4/b;;;12-10+;;;;;;;;;;. The summed E-state index contributed by atoms with van der Waals surface area (Å²) in [6.45, 7) is 94.7. The van der Waals surface area contributed by atoms with Crippen LogP contribution in [0.15, 0.2) is 11.6 Å². The first-order chi connectivity index (χ1) is 57.6. The van der Waals surface area contributed by atoms with Crippen LogP contribution in [0.25, 0.3) is 0 Å². The first-order valence-electron chi connectivity index (χ1n) is 48.3. The van der Waals surface area contributed by atoms with E-state index < -0.39 is 16.8 Å². The van der Waals surface area contributed by atoms with E-state index in [-0.39, 0.29) is 82.3 Å². The van der Waals surface area contributed by atoms with Crippen LogP contribution in [0.3, 0.4) is 0 Å². The van der Waals surface area contributed by atoms with Crippen molar-refractivity contribution in [1.29, 1.82) is 0 Å². The molecule has 0 aliphatic carbocycles. The molecule has 0 radical (unpaired) electrons. The Morgan fingerprint density at radius 2 is 0.560 bits per heavy atom. The predicted octanol–water partition coefficient (Wildman–Crippen LogP) is 28.4. The molecule has 14 atom stereocenters. The molecule has 0 aromatic rings. The van der Waals surface area contributed by atoms with E-state index in [1.807, 2.05) is 48.8 Å². The van der Waals surface area contributed by atoms with Gasteiger partial charge in [-0.2, -0.15) is 0 Å². The quantitative estimate of drug-likeness (QED) is 0.0160. The topological polar surface area (TPSA) is 307 Å². The van der Waals surface area contributed by atoms with Gasteiger partial charge in [0, 0.05) is 68.6 Å². The van der Waals surface area contributed by atoms with Gasteiger partial charge >= 0.3 is 56.5 Å². The van der Waals surface area contributed by atoms with E-state index in [1.54, 1.807) is 21.3 Å². The van der Waals surface area contributed by atoms with Crippen molar-refractivity contribution in [3.63, 3.8) is 0 Å². The number of rotatable bonds is 59. The van der Waals surface area contributed by atoms with Crippen LogP contribution in [0.1, 0.15) is 493 Å². The van der Waals surface area contributed by atoms with Crippen molar-refractivity contribution in [2.24, 2.45) is 44.8 Å². The molecule has 18 heteroatoms. The average Bonchev–Trinajstić information content (AvgIpc) is 0.909. The summed E-state index contributed by atoms with van der Waals surface area (Å²) in [5.74, 6) is 2.43. The molecule has 756 valence electrons. The molecule has 0 fully saturated rings. The van der Waals surface area contributed by atoms with Gasteiger partial charge in [0.25, 0.3) is 0 Å². The van der Waals surface area contributed by atoms with Crippen LogP contribution in [-0.4, -0.2) is 154 Å². The fraction of sp³-hybridized carbons (Fsp3) is 0.935. The van der Waals surface area contributed by atoms with Crippen LogP contribution >= 0.6 is 0 Å². The van der Waals surface area contributed by atoms with Gasteiger partial charge in [0.2, 0.25) is 0 Å². The first-order valence-corrected chi connectivity index (χ1v) is 48.3. The minimum absolute atomic E-state index is 0. The predicted molar refractivity (Wildman–Crippen MR) is 528 cm³/mol. The molecule has 14 unspecified atom stereocenters. The fourth-order valence-corrected chi connectivity index (χ4v) is 13.2. The summed E-state index contributed by atoms with van der Waals surface area (Å²) in [4.78, 5) is 0. The van der Waals surface area contributed by atoms with Crippen LogP contribution < -0.4 is 0 Å². The van der Waals surface area contributed by atoms with Gasteiger partial charge < -0.3 is 64.5 Å². The molecule has 18 nitrogen and oxygen atoms in total. The Balaban J connectivity index is -0.0000000924. The van der Waals surface area contributed by atoms with Gasteiger partial charge in [-0.1, -0.05) is 230 Å². The van der Waals surface area contributed by atoms with Crippen molar-refractivity contribution in [2.75, 3.05) is 68.6 Å². The van der Waals surface area contributed by atoms with Gasteiger partial charge in [0.15, 0.2) is 0 Å².